The van der Waals surface area contributed by atoms with Crippen molar-refractivity contribution in [2.24, 2.45) is 0 Å². The Kier molecular flexibility index (Phi) is 4.34. The van der Waals surface area contributed by atoms with E-state index >= 15 is 0 Å². The van der Waals surface area contributed by atoms with Crippen LogP contribution in [0.3, 0.4) is 0 Å². The van der Waals surface area contributed by atoms with E-state index in [4.69, 9.17) is 5.11 Å². The van der Waals surface area contributed by atoms with Crippen molar-refractivity contribution in [1.82, 2.24) is 10.6 Å². The lowest BCUT2D eigenvalue weighted by Crippen LogP contribution is -2.42. The van der Waals surface area contributed by atoms with Gasteiger partial charge in [0.1, 0.15) is 6.04 Å². The van der Waals surface area contributed by atoms with Gasteiger partial charge in [0.05, 0.1) is 5.56 Å². The van der Waals surface area contributed by atoms with Crippen LogP contribution in [0.5, 0.6) is 0 Å². The molecule has 1 aliphatic heterocycles. The molecule has 1 aromatic carbocycles. The molecule has 2 rings (SSSR count). The van der Waals surface area contributed by atoms with E-state index in [-0.39, 0.29) is 17.4 Å². The first kappa shape index (κ1) is 14.0. The Hall–Kier alpha value is -2.37. The maximum absolute atomic E-state index is 11.8. The number of hydrogen-bond acceptors (Lipinski definition) is 3. The molecule has 1 saturated heterocycles. The Balaban J connectivity index is 1.85. The predicted molar refractivity (Wildman–Crippen MR) is 71.3 cm³/mol. The fourth-order valence-corrected chi connectivity index (χ4v) is 2.20. The first-order valence-corrected chi connectivity index (χ1v) is 6.46. The van der Waals surface area contributed by atoms with Crippen molar-refractivity contribution < 1.29 is 19.5 Å². The third kappa shape index (κ3) is 3.34. The zero-order valence-electron chi connectivity index (χ0n) is 10.9. The molecule has 1 unspecified atom stereocenters. The molecular weight excluding hydrogens is 260 g/mol. The Morgan fingerprint density at radius 1 is 1.35 bits per heavy atom. The number of benzene rings is 1. The third-order valence-electron chi connectivity index (χ3n) is 3.25. The average Bonchev–Trinajstić information content (AvgIpc) is 2.86. The second-order valence-electron chi connectivity index (χ2n) is 4.66. The highest BCUT2D eigenvalue weighted by Crippen LogP contribution is 2.10. The van der Waals surface area contributed by atoms with Gasteiger partial charge in [-0.3, -0.25) is 9.59 Å². The van der Waals surface area contributed by atoms with Gasteiger partial charge in [0, 0.05) is 13.0 Å². The minimum Gasteiger partial charge on any atom is -0.478 e. The summed E-state index contributed by atoms with van der Waals surface area (Å²) in [6.45, 7) is 0.343. The number of carboxylic acid groups (broad SMARTS) is 1. The van der Waals surface area contributed by atoms with Crippen molar-refractivity contribution in [3.63, 3.8) is 0 Å². The van der Waals surface area contributed by atoms with Gasteiger partial charge < -0.3 is 15.7 Å². The van der Waals surface area contributed by atoms with Crippen molar-refractivity contribution in [3.8, 4) is 0 Å². The zero-order valence-corrected chi connectivity index (χ0v) is 10.9. The minimum absolute atomic E-state index is 0.110. The average molecular weight is 276 g/mol. The van der Waals surface area contributed by atoms with Gasteiger partial charge in [-0.1, -0.05) is 18.2 Å². The third-order valence-corrected chi connectivity index (χ3v) is 3.25. The lowest BCUT2D eigenvalue weighted by molar-refractivity contribution is -0.125. The van der Waals surface area contributed by atoms with E-state index in [1.54, 1.807) is 18.2 Å². The quantitative estimate of drug-likeness (QED) is 0.722. The molecule has 3 N–H and O–H groups in total. The van der Waals surface area contributed by atoms with Gasteiger partial charge in [0.25, 0.3) is 0 Å². The smallest absolute Gasteiger partial charge is 0.335 e. The van der Waals surface area contributed by atoms with E-state index in [0.29, 0.717) is 31.4 Å². The van der Waals surface area contributed by atoms with Crippen LogP contribution >= 0.6 is 0 Å². The fourth-order valence-electron chi connectivity index (χ4n) is 2.20. The van der Waals surface area contributed by atoms with E-state index in [1.807, 2.05) is 0 Å². The first-order chi connectivity index (χ1) is 9.58. The molecule has 2 amide bonds. The highest BCUT2D eigenvalue weighted by molar-refractivity contribution is 5.91. The Bertz CT molecular complexity index is 542. The van der Waals surface area contributed by atoms with Crippen LogP contribution < -0.4 is 10.6 Å². The molecule has 0 bridgehead atoms. The predicted octanol–water partition coefficient (Wildman–Crippen LogP) is 0.322. The van der Waals surface area contributed by atoms with E-state index in [9.17, 15) is 14.4 Å². The SMILES string of the molecule is O=C1CCC(C(=O)NCCc2ccccc2C(=O)O)N1. The number of amides is 2. The van der Waals surface area contributed by atoms with Crippen LogP contribution in [0.2, 0.25) is 0 Å². The second kappa shape index (κ2) is 6.18. The molecule has 20 heavy (non-hydrogen) atoms. The summed E-state index contributed by atoms with van der Waals surface area (Å²) in [5, 5.41) is 14.3. The largest absolute Gasteiger partial charge is 0.478 e. The molecule has 106 valence electrons. The molecule has 6 heteroatoms. The maximum atomic E-state index is 11.8. The standard InChI is InChI=1S/C14H16N2O4/c17-12-6-5-11(16-12)13(18)15-8-7-9-3-1-2-4-10(9)14(19)20/h1-4,11H,5-8H2,(H,15,18)(H,16,17)(H,19,20). The second-order valence-corrected chi connectivity index (χ2v) is 4.66. The molecule has 1 atom stereocenters. The van der Waals surface area contributed by atoms with Crippen LogP contribution in [0.4, 0.5) is 0 Å². The lowest BCUT2D eigenvalue weighted by Gasteiger charge is -2.11. The van der Waals surface area contributed by atoms with Gasteiger partial charge >= 0.3 is 5.97 Å². The number of nitrogens with one attached hydrogen (secondary N) is 2. The number of aromatic carboxylic acids is 1. The summed E-state index contributed by atoms with van der Waals surface area (Å²) >= 11 is 0. The van der Waals surface area contributed by atoms with Crippen molar-refractivity contribution in [1.29, 1.82) is 0 Å². The van der Waals surface area contributed by atoms with Crippen LogP contribution in [0.15, 0.2) is 24.3 Å². The van der Waals surface area contributed by atoms with Crippen LogP contribution in [0.1, 0.15) is 28.8 Å². The molecule has 1 aromatic rings. The molecule has 0 spiro atoms. The number of rotatable bonds is 5. The summed E-state index contributed by atoms with van der Waals surface area (Å²) in [7, 11) is 0. The van der Waals surface area contributed by atoms with E-state index in [0.717, 1.165) is 0 Å². The molecule has 6 nitrogen and oxygen atoms in total. The zero-order chi connectivity index (χ0) is 14.5. The fraction of sp³-hybridized carbons (Fsp3) is 0.357. The molecule has 1 fully saturated rings. The molecule has 0 radical (unpaired) electrons. The van der Waals surface area contributed by atoms with Crippen LogP contribution in [0, 0.1) is 0 Å². The van der Waals surface area contributed by atoms with Crippen LogP contribution in [0.25, 0.3) is 0 Å². The van der Waals surface area contributed by atoms with Gasteiger partial charge in [-0.25, -0.2) is 4.79 Å². The van der Waals surface area contributed by atoms with Gasteiger partial charge in [-0.2, -0.15) is 0 Å². The van der Waals surface area contributed by atoms with Gasteiger partial charge in [0.15, 0.2) is 0 Å². The van der Waals surface area contributed by atoms with Crippen LogP contribution in [-0.4, -0.2) is 35.5 Å². The van der Waals surface area contributed by atoms with E-state index in [1.165, 1.54) is 6.07 Å². The summed E-state index contributed by atoms with van der Waals surface area (Å²) in [6.07, 6.45) is 1.32. The number of hydrogen-bond donors (Lipinski definition) is 3. The van der Waals surface area contributed by atoms with Crippen LogP contribution in [-0.2, 0) is 16.0 Å². The first-order valence-electron chi connectivity index (χ1n) is 6.46. The van der Waals surface area contributed by atoms with Crippen molar-refractivity contribution in [2.75, 3.05) is 6.54 Å². The van der Waals surface area contributed by atoms with Gasteiger partial charge in [0.2, 0.25) is 11.8 Å². The summed E-state index contributed by atoms with van der Waals surface area (Å²) in [4.78, 5) is 33.8. The van der Waals surface area contributed by atoms with E-state index in [2.05, 4.69) is 10.6 Å². The molecule has 0 saturated carbocycles. The Morgan fingerprint density at radius 3 is 2.75 bits per heavy atom. The number of carbonyl (C=O) groups excluding carboxylic acids is 2. The van der Waals surface area contributed by atoms with Crippen molar-refractivity contribution >= 4 is 17.8 Å². The topological polar surface area (TPSA) is 95.5 Å². The Labute approximate surface area is 116 Å². The summed E-state index contributed by atoms with van der Waals surface area (Å²) in [5.41, 5.74) is 0.923. The summed E-state index contributed by atoms with van der Waals surface area (Å²) in [5.74, 6) is -1.31. The molecule has 0 aliphatic carbocycles. The highest BCUT2D eigenvalue weighted by atomic mass is 16.4. The summed E-state index contributed by atoms with van der Waals surface area (Å²) in [6, 6.07) is 6.24. The Morgan fingerprint density at radius 2 is 2.10 bits per heavy atom. The van der Waals surface area contributed by atoms with Gasteiger partial charge in [-0.15, -0.1) is 0 Å². The molecule has 1 heterocycles. The van der Waals surface area contributed by atoms with Gasteiger partial charge in [-0.05, 0) is 24.5 Å². The monoisotopic (exact) mass is 276 g/mol. The summed E-state index contributed by atoms with van der Waals surface area (Å²) < 4.78 is 0. The highest BCUT2D eigenvalue weighted by Gasteiger charge is 2.26. The maximum Gasteiger partial charge on any atom is 0.335 e. The molecule has 0 aromatic heterocycles. The minimum atomic E-state index is -0.977. The lowest BCUT2D eigenvalue weighted by atomic mass is 10.0. The van der Waals surface area contributed by atoms with Crippen molar-refractivity contribution in [2.45, 2.75) is 25.3 Å². The molecule has 1 aliphatic rings. The number of carbonyl (C=O) groups is 3. The number of carboxylic acids is 1. The normalized spacial score (nSPS) is 17.6. The molecular formula is C14H16N2O4. The van der Waals surface area contributed by atoms with Crippen molar-refractivity contribution in [3.05, 3.63) is 35.4 Å². The van der Waals surface area contributed by atoms with E-state index < -0.39 is 12.0 Å².